The summed E-state index contributed by atoms with van der Waals surface area (Å²) in [6.07, 6.45) is 11.6. The van der Waals surface area contributed by atoms with E-state index in [2.05, 4.69) is 31.8 Å². The molecule has 1 unspecified atom stereocenters. The molecule has 172 valence electrons. The highest BCUT2D eigenvalue weighted by molar-refractivity contribution is 6.01. The van der Waals surface area contributed by atoms with Crippen LogP contribution in [0, 0.1) is 24.6 Å². The molecule has 1 heterocycles. The van der Waals surface area contributed by atoms with Crippen molar-refractivity contribution in [3.63, 3.8) is 0 Å². The van der Waals surface area contributed by atoms with Gasteiger partial charge in [-0.15, -0.1) is 0 Å². The van der Waals surface area contributed by atoms with E-state index in [1.54, 1.807) is 25.3 Å². The Morgan fingerprint density at radius 1 is 1.22 bits per heavy atom. The Morgan fingerprint density at radius 3 is 2.50 bits per heavy atom. The van der Waals surface area contributed by atoms with Gasteiger partial charge in [0.15, 0.2) is 0 Å². The molecule has 32 heavy (non-hydrogen) atoms. The van der Waals surface area contributed by atoms with Crippen LogP contribution in [0.2, 0.25) is 0 Å². The fourth-order valence-corrected chi connectivity index (χ4v) is 4.86. The quantitative estimate of drug-likeness (QED) is 0.435. The molecule has 1 aromatic heterocycles. The van der Waals surface area contributed by atoms with Crippen molar-refractivity contribution in [3.8, 4) is 0 Å². The van der Waals surface area contributed by atoms with Crippen molar-refractivity contribution in [2.24, 2.45) is 11.8 Å². The van der Waals surface area contributed by atoms with Gasteiger partial charge in [0.25, 0.3) is 0 Å². The summed E-state index contributed by atoms with van der Waals surface area (Å²) in [7, 11) is 0. The molecule has 2 aromatic rings. The topological polar surface area (TPSA) is 12.9 Å². The first kappa shape index (κ1) is 24.4. The molecule has 3 heteroatoms. The van der Waals surface area contributed by atoms with Gasteiger partial charge in [-0.1, -0.05) is 65.7 Å². The van der Waals surface area contributed by atoms with Crippen LogP contribution in [0.25, 0.3) is 16.3 Å². The van der Waals surface area contributed by atoms with Crippen molar-refractivity contribution < 1.29 is 8.78 Å². The number of rotatable bonds is 4. The first-order valence-corrected chi connectivity index (χ1v) is 12.0. The molecule has 0 bridgehead atoms. The Bertz CT molecular complexity index is 1080. The Labute approximate surface area is 192 Å². The fraction of sp³-hybridized carbons (Fsp3) is 0.483. The maximum atomic E-state index is 15.1. The van der Waals surface area contributed by atoms with Gasteiger partial charge in [0, 0.05) is 28.0 Å². The Hall–Kier alpha value is -2.29. The van der Waals surface area contributed by atoms with Crippen molar-refractivity contribution in [1.82, 2.24) is 4.98 Å². The lowest BCUT2D eigenvalue weighted by Crippen LogP contribution is -2.30. The monoisotopic (exact) mass is 437 g/mol. The second-order valence-corrected chi connectivity index (χ2v) is 9.76. The van der Waals surface area contributed by atoms with Crippen molar-refractivity contribution >= 4 is 16.3 Å². The minimum absolute atomic E-state index is 0.159. The van der Waals surface area contributed by atoms with E-state index in [4.69, 9.17) is 0 Å². The maximum Gasteiger partial charge on any atom is 0.134 e. The van der Waals surface area contributed by atoms with E-state index in [1.165, 1.54) is 12.8 Å². The minimum atomic E-state index is -0.530. The number of benzene rings is 1. The molecule has 1 atom stereocenters. The Morgan fingerprint density at radius 2 is 1.91 bits per heavy atom. The maximum absolute atomic E-state index is 15.1. The molecule has 0 amide bonds. The van der Waals surface area contributed by atoms with Crippen molar-refractivity contribution in [2.75, 3.05) is 0 Å². The minimum Gasteiger partial charge on any atom is -0.256 e. The van der Waals surface area contributed by atoms with Gasteiger partial charge < -0.3 is 0 Å². The molecule has 0 saturated heterocycles. The Balaban J connectivity index is 0.000000427. The lowest BCUT2D eigenvalue weighted by molar-refractivity contribution is 0.523. The SMILES string of the molecule is CC=CCC1CC=C(F)C2=C1c1nccc3c(F)c(C)cc(c13)C2(C)C.CCC(C)CC. The third-order valence-electron chi connectivity index (χ3n) is 7.27. The molecule has 4 rings (SSSR count). The smallest absolute Gasteiger partial charge is 0.134 e. The van der Waals surface area contributed by atoms with Crippen LogP contribution in [0.4, 0.5) is 8.78 Å². The number of allylic oxidation sites excluding steroid dienone is 6. The average molecular weight is 438 g/mol. The second-order valence-electron chi connectivity index (χ2n) is 9.76. The van der Waals surface area contributed by atoms with E-state index >= 15 is 4.39 Å². The van der Waals surface area contributed by atoms with Gasteiger partial charge in [-0.3, -0.25) is 4.98 Å². The molecule has 0 aliphatic heterocycles. The highest BCUT2D eigenvalue weighted by Gasteiger charge is 2.42. The van der Waals surface area contributed by atoms with E-state index in [0.717, 1.165) is 40.1 Å². The first-order valence-electron chi connectivity index (χ1n) is 12.0. The summed E-state index contributed by atoms with van der Waals surface area (Å²) < 4.78 is 29.9. The van der Waals surface area contributed by atoms with E-state index < -0.39 is 5.41 Å². The zero-order valence-electron chi connectivity index (χ0n) is 20.7. The van der Waals surface area contributed by atoms with E-state index in [0.29, 0.717) is 17.4 Å². The molecule has 2 aliphatic carbocycles. The van der Waals surface area contributed by atoms with E-state index in [9.17, 15) is 4.39 Å². The summed E-state index contributed by atoms with van der Waals surface area (Å²) in [5.41, 5.74) is 3.45. The lowest BCUT2D eigenvalue weighted by atomic mass is 9.64. The second kappa shape index (κ2) is 9.68. The third kappa shape index (κ3) is 4.19. The van der Waals surface area contributed by atoms with Crippen LogP contribution in [-0.4, -0.2) is 4.98 Å². The number of aryl methyl sites for hydroxylation is 1. The van der Waals surface area contributed by atoms with Crippen LogP contribution in [0.15, 0.2) is 48.0 Å². The molecule has 0 N–H and O–H groups in total. The summed E-state index contributed by atoms with van der Waals surface area (Å²) in [6, 6.07) is 3.61. The van der Waals surface area contributed by atoms with Gasteiger partial charge in [-0.25, -0.2) is 8.78 Å². The van der Waals surface area contributed by atoms with Crippen molar-refractivity contribution in [1.29, 1.82) is 0 Å². The summed E-state index contributed by atoms with van der Waals surface area (Å²) in [5.74, 6) is 0.734. The zero-order chi connectivity index (χ0) is 23.6. The largest absolute Gasteiger partial charge is 0.256 e. The first-order chi connectivity index (χ1) is 15.2. The normalized spacial score (nSPS) is 19.2. The van der Waals surface area contributed by atoms with Gasteiger partial charge in [0.2, 0.25) is 0 Å². The molecule has 1 aromatic carbocycles. The molecular weight excluding hydrogens is 400 g/mol. The predicted molar refractivity (Wildman–Crippen MR) is 133 cm³/mol. The number of hydrogen-bond donors (Lipinski definition) is 0. The zero-order valence-corrected chi connectivity index (χ0v) is 20.7. The van der Waals surface area contributed by atoms with Crippen LogP contribution >= 0.6 is 0 Å². The molecule has 2 aliphatic rings. The Kier molecular flexibility index (Phi) is 7.37. The number of hydrogen-bond acceptors (Lipinski definition) is 1. The van der Waals surface area contributed by atoms with Gasteiger partial charge in [-0.05, 0) is 67.4 Å². The van der Waals surface area contributed by atoms with Crippen LogP contribution in [0.1, 0.15) is 84.0 Å². The molecule has 1 nitrogen and oxygen atoms in total. The standard InChI is InChI=1S/C23H23F2N.C6H14/c1-5-6-7-14-8-9-17(24)20-18(14)22-19-15(10-11-26-22)21(25)13(2)12-16(19)23(20,3)4;1-4-6(3)5-2/h5-6,9-12,14H,7-8H2,1-4H3;6H,4-5H2,1-3H3. The van der Waals surface area contributed by atoms with Crippen LogP contribution in [0.5, 0.6) is 0 Å². The number of halogens is 2. The molecule has 0 radical (unpaired) electrons. The number of aromatic nitrogens is 1. The summed E-state index contributed by atoms with van der Waals surface area (Å²) in [4.78, 5) is 4.61. The molecule has 0 spiro atoms. The molecule has 0 saturated carbocycles. The molecular formula is C29H37F2N. The average Bonchev–Trinajstić information content (AvgIpc) is 2.78. The van der Waals surface area contributed by atoms with Crippen LogP contribution < -0.4 is 0 Å². The summed E-state index contributed by atoms with van der Waals surface area (Å²) in [6.45, 7) is 14.6. The van der Waals surface area contributed by atoms with Gasteiger partial charge in [0.05, 0.1) is 5.69 Å². The molecule has 0 fully saturated rings. The van der Waals surface area contributed by atoms with E-state index in [1.807, 2.05) is 32.9 Å². The number of pyridine rings is 1. The highest BCUT2D eigenvalue weighted by atomic mass is 19.1. The van der Waals surface area contributed by atoms with Gasteiger partial charge in [-0.2, -0.15) is 0 Å². The van der Waals surface area contributed by atoms with Crippen molar-refractivity contribution in [2.45, 2.75) is 79.6 Å². The van der Waals surface area contributed by atoms with Gasteiger partial charge >= 0.3 is 0 Å². The fourth-order valence-electron chi connectivity index (χ4n) is 4.86. The summed E-state index contributed by atoms with van der Waals surface area (Å²) >= 11 is 0. The highest BCUT2D eigenvalue weighted by Crippen LogP contribution is 2.54. The van der Waals surface area contributed by atoms with E-state index in [-0.39, 0.29) is 17.6 Å². The lowest BCUT2D eigenvalue weighted by Gasteiger charge is -2.40. The van der Waals surface area contributed by atoms with Crippen LogP contribution in [0.3, 0.4) is 0 Å². The number of fused-ring (bicyclic) bond motifs is 1. The summed E-state index contributed by atoms with van der Waals surface area (Å²) in [5, 5.41) is 1.43. The predicted octanol–water partition coefficient (Wildman–Crippen LogP) is 9.01. The van der Waals surface area contributed by atoms with Gasteiger partial charge in [0.1, 0.15) is 11.6 Å². The third-order valence-corrected chi connectivity index (χ3v) is 7.27. The van der Waals surface area contributed by atoms with Crippen LogP contribution in [-0.2, 0) is 5.41 Å². The van der Waals surface area contributed by atoms with Crippen molar-refractivity contribution in [3.05, 3.63) is 70.6 Å². The number of nitrogens with zero attached hydrogens (tertiary/aromatic N) is 1.